The molecule has 0 N–H and O–H groups in total. The van der Waals surface area contributed by atoms with E-state index in [1.807, 2.05) is 39.0 Å². The zero-order valence-corrected chi connectivity index (χ0v) is 14.8. The summed E-state index contributed by atoms with van der Waals surface area (Å²) in [6.45, 7) is 7.23. The Labute approximate surface area is 133 Å². The molecule has 1 rings (SSSR count). The number of rotatable bonds is 9. The van der Waals surface area contributed by atoms with E-state index in [0.717, 1.165) is 5.56 Å². The van der Waals surface area contributed by atoms with Gasteiger partial charge in [-0.15, -0.1) is 0 Å². The zero-order valence-electron chi connectivity index (χ0n) is 14.0. The third kappa shape index (κ3) is 4.34. The number of ether oxygens (including phenoxy) is 2. The molecule has 0 aliphatic heterocycles. The summed E-state index contributed by atoms with van der Waals surface area (Å²) in [5.41, 5.74) is 0.857. The second-order valence-electron chi connectivity index (χ2n) is 4.77. The van der Waals surface area contributed by atoms with Crippen molar-refractivity contribution in [1.82, 2.24) is 8.61 Å². The Hall–Kier alpha value is -1.31. The van der Waals surface area contributed by atoms with E-state index >= 15 is 0 Å². The Bertz CT molecular complexity index is 575. The normalized spacial score (nSPS) is 12.0. The summed E-state index contributed by atoms with van der Waals surface area (Å²) in [5, 5.41) is 0. The number of hydrogen-bond acceptors (Lipinski definition) is 4. The lowest BCUT2D eigenvalue weighted by Crippen LogP contribution is -2.41. The van der Waals surface area contributed by atoms with Crippen LogP contribution in [0, 0.1) is 0 Å². The van der Waals surface area contributed by atoms with Crippen molar-refractivity contribution in [3.05, 3.63) is 23.8 Å². The van der Waals surface area contributed by atoms with Crippen molar-refractivity contribution in [2.75, 3.05) is 33.9 Å². The standard InChI is InChI=1S/C15H26N2O4S/c1-6-16(4)22(18,19)17(7-2)12-13-9-10-14(21-8-3)15(11-13)20-5/h9-11H,6-8,12H2,1-5H3. The molecule has 0 spiro atoms. The van der Waals surface area contributed by atoms with Crippen LogP contribution in [0.25, 0.3) is 0 Å². The van der Waals surface area contributed by atoms with Gasteiger partial charge in [0.05, 0.1) is 13.7 Å². The Kier molecular flexibility index (Phi) is 7.12. The Morgan fingerprint density at radius 3 is 2.27 bits per heavy atom. The van der Waals surface area contributed by atoms with E-state index in [0.29, 0.717) is 37.7 Å². The minimum Gasteiger partial charge on any atom is -0.493 e. The molecule has 0 aromatic heterocycles. The highest BCUT2D eigenvalue weighted by atomic mass is 32.2. The first kappa shape index (κ1) is 18.7. The van der Waals surface area contributed by atoms with Crippen molar-refractivity contribution in [3.63, 3.8) is 0 Å². The van der Waals surface area contributed by atoms with Crippen LogP contribution < -0.4 is 9.47 Å². The molecule has 0 amide bonds. The Morgan fingerprint density at radius 1 is 1.09 bits per heavy atom. The van der Waals surface area contributed by atoms with Crippen molar-refractivity contribution >= 4 is 10.2 Å². The van der Waals surface area contributed by atoms with Crippen LogP contribution in [0.1, 0.15) is 26.3 Å². The third-order valence-electron chi connectivity index (χ3n) is 3.40. The molecule has 0 radical (unpaired) electrons. The van der Waals surface area contributed by atoms with Gasteiger partial charge in [-0.05, 0) is 24.6 Å². The van der Waals surface area contributed by atoms with Gasteiger partial charge in [-0.1, -0.05) is 19.9 Å². The van der Waals surface area contributed by atoms with Gasteiger partial charge < -0.3 is 9.47 Å². The van der Waals surface area contributed by atoms with Crippen LogP contribution in [0.3, 0.4) is 0 Å². The topological polar surface area (TPSA) is 59.1 Å². The van der Waals surface area contributed by atoms with Crippen LogP contribution in [0.2, 0.25) is 0 Å². The van der Waals surface area contributed by atoms with Crippen molar-refractivity contribution < 1.29 is 17.9 Å². The van der Waals surface area contributed by atoms with Crippen LogP contribution in [0.4, 0.5) is 0 Å². The molecule has 1 aromatic rings. The molecule has 6 nitrogen and oxygen atoms in total. The predicted octanol–water partition coefficient (Wildman–Crippen LogP) is 2.11. The molecule has 0 saturated carbocycles. The number of benzene rings is 1. The minimum absolute atomic E-state index is 0.298. The summed E-state index contributed by atoms with van der Waals surface area (Å²) >= 11 is 0. The molecule has 0 aliphatic rings. The first-order chi connectivity index (χ1) is 10.4. The lowest BCUT2D eigenvalue weighted by molar-refractivity contribution is 0.310. The maximum absolute atomic E-state index is 12.4. The van der Waals surface area contributed by atoms with Crippen molar-refractivity contribution in [1.29, 1.82) is 0 Å². The van der Waals surface area contributed by atoms with Crippen molar-refractivity contribution in [2.45, 2.75) is 27.3 Å². The maximum Gasteiger partial charge on any atom is 0.282 e. The molecule has 0 aliphatic carbocycles. The first-order valence-corrected chi connectivity index (χ1v) is 8.81. The molecular formula is C15H26N2O4S. The molecule has 0 unspecified atom stereocenters. The molecule has 1 aromatic carbocycles. The Balaban J connectivity index is 3.01. The smallest absolute Gasteiger partial charge is 0.282 e. The van der Waals surface area contributed by atoms with Crippen LogP contribution in [0.15, 0.2) is 18.2 Å². The molecule has 0 heterocycles. The van der Waals surface area contributed by atoms with Crippen LogP contribution in [-0.4, -0.2) is 50.9 Å². The van der Waals surface area contributed by atoms with E-state index in [-0.39, 0.29) is 0 Å². The van der Waals surface area contributed by atoms with E-state index in [1.54, 1.807) is 14.2 Å². The summed E-state index contributed by atoms with van der Waals surface area (Å²) < 4.78 is 38.4. The van der Waals surface area contributed by atoms with Gasteiger partial charge in [-0.25, -0.2) is 0 Å². The summed E-state index contributed by atoms with van der Waals surface area (Å²) in [5.74, 6) is 1.27. The monoisotopic (exact) mass is 330 g/mol. The lowest BCUT2D eigenvalue weighted by Gasteiger charge is -2.26. The molecule has 126 valence electrons. The summed E-state index contributed by atoms with van der Waals surface area (Å²) in [6, 6.07) is 5.48. The van der Waals surface area contributed by atoms with Gasteiger partial charge in [-0.3, -0.25) is 0 Å². The van der Waals surface area contributed by atoms with E-state index in [9.17, 15) is 8.42 Å². The third-order valence-corrected chi connectivity index (χ3v) is 5.49. The van der Waals surface area contributed by atoms with Crippen molar-refractivity contribution in [2.24, 2.45) is 0 Å². The molecule has 0 atom stereocenters. The zero-order chi connectivity index (χ0) is 16.8. The van der Waals surface area contributed by atoms with Crippen LogP contribution in [0.5, 0.6) is 11.5 Å². The molecular weight excluding hydrogens is 304 g/mol. The highest BCUT2D eigenvalue weighted by Gasteiger charge is 2.24. The van der Waals surface area contributed by atoms with Crippen LogP contribution in [-0.2, 0) is 16.8 Å². The fourth-order valence-corrected chi connectivity index (χ4v) is 3.36. The predicted molar refractivity (Wildman–Crippen MR) is 87.5 cm³/mol. The lowest BCUT2D eigenvalue weighted by atomic mass is 10.2. The minimum atomic E-state index is -3.44. The molecule has 0 fully saturated rings. The maximum atomic E-state index is 12.4. The van der Waals surface area contributed by atoms with Gasteiger partial charge in [0.2, 0.25) is 0 Å². The molecule has 0 saturated heterocycles. The van der Waals surface area contributed by atoms with Crippen LogP contribution >= 0.6 is 0 Å². The highest BCUT2D eigenvalue weighted by Crippen LogP contribution is 2.28. The fourth-order valence-electron chi connectivity index (χ4n) is 2.01. The van der Waals surface area contributed by atoms with Gasteiger partial charge in [-0.2, -0.15) is 17.0 Å². The van der Waals surface area contributed by atoms with Gasteiger partial charge in [0, 0.05) is 26.7 Å². The van der Waals surface area contributed by atoms with E-state index in [1.165, 1.54) is 8.61 Å². The molecule has 0 bridgehead atoms. The quantitative estimate of drug-likeness (QED) is 0.696. The number of hydrogen-bond donors (Lipinski definition) is 0. The van der Waals surface area contributed by atoms with E-state index in [4.69, 9.17) is 9.47 Å². The number of methoxy groups -OCH3 is 1. The largest absolute Gasteiger partial charge is 0.493 e. The van der Waals surface area contributed by atoms with Gasteiger partial charge in [0.25, 0.3) is 10.2 Å². The van der Waals surface area contributed by atoms with Gasteiger partial charge >= 0.3 is 0 Å². The second-order valence-corrected chi connectivity index (χ2v) is 6.80. The van der Waals surface area contributed by atoms with E-state index < -0.39 is 10.2 Å². The van der Waals surface area contributed by atoms with E-state index in [2.05, 4.69) is 0 Å². The number of nitrogens with zero attached hydrogens (tertiary/aromatic N) is 2. The molecule has 7 heteroatoms. The average Bonchev–Trinajstić information content (AvgIpc) is 2.52. The fraction of sp³-hybridized carbons (Fsp3) is 0.600. The second kappa shape index (κ2) is 8.36. The summed E-state index contributed by atoms with van der Waals surface area (Å²) in [6.07, 6.45) is 0. The summed E-state index contributed by atoms with van der Waals surface area (Å²) in [7, 11) is -0.294. The van der Waals surface area contributed by atoms with Gasteiger partial charge in [0.1, 0.15) is 0 Å². The SMILES string of the molecule is CCOc1ccc(CN(CC)S(=O)(=O)N(C)CC)cc1OC. The van der Waals surface area contributed by atoms with Gasteiger partial charge in [0.15, 0.2) is 11.5 Å². The first-order valence-electron chi connectivity index (χ1n) is 7.41. The average molecular weight is 330 g/mol. The summed E-state index contributed by atoms with van der Waals surface area (Å²) in [4.78, 5) is 0. The molecule has 22 heavy (non-hydrogen) atoms. The Morgan fingerprint density at radius 2 is 1.77 bits per heavy atom. The van der Waals surface area contributed by atoms with Crippen molar-refractivity contribution in [3.8, 4) is 11.5 Å². The highest BCUT2D eigenvalue weighted by molar-refractivity contribution is 7.86.